The van der Waals surface area contributed by atoms with Gasteiger partial charge in [0, 0.05) is 10.9 Å². The van der Waals surface area contributed by atoms with Crippen molar-refractivity contribution in [2.75, 3.05) is 0 Å². The van der Waals surface area contributed by atoms with Gasteiger partial charge in [0.15, 0.2) is 5.75 Å². The van der Waals surface area contributed by atoms with Gasteiger partial charge in [0.05, 0.1) is 0 Å². The second-order valence-corrected chi connectivity index (χ2v) is 5.70. The summed E-state index contributed by atoms with van der Waals surface area (Å²) in [5.74, 6) is 0.986. The van der Waals surface area contributed by atoms with Gasteiger partial charge in [-0.25, -0.2) is 0 Å². The van der Waals surface area contributed by atoms with E-state index in [-0.39, 0.29) is 0 Å². The quantitative estimate of drug-likeness (QED) is 0.471. The zero-order chi connectivity index (χ0) is 17.9. The van der Waals surface area contributed by atoms with Gasteiger partial charge < -0.3 is 9.47 Å². The molecule has 0 saturated heterocycles. The Hall–Kier alpha value is -4.02. The van der Waals surface area contributed by atoms with Gasteiger partial charge in [0.2, 0.25) is 0 Å². The van der Waals surface area contributed by atoms with Crippen LogP contribution >= 0.6 is 0 Å². The highest BCUT2D eigenvalue weighted by atomic mass is 16.5. The zero-order valence-corrected chi connectivity index (χ0v) is 13.6. The van der Waals surface area contributed by atoms with Crippen molar-refractivity contribution < 1.29 is 9.47 Å². The van der Waals surface area contributed by atoms with Crippen molar-refractivity contribution in [3.8, 4) is 35.1 Å². The summed E-state index contributed by atoms with van der Waals surface area (Å²) in [7, 11) is 0. The third kappa shape index (κ3) is 2.47. The minimum absolute atomic E-state index is 0.491. The second kappa shape index (κ2) is 6.47. The lowest BCUT2D eigenvalue weighted by molar-refractivity contribution is 0.509. The highest BCUT2D eigenvalue weighted by Gasteiger charge is 2.15. The first-order valence-corrected chi connectivity index (χ1v) is 7.99. The molecule has 0 N–H and O–H groups in total. The zero-order valence-electron chi connectivity index (χ0n) is 13.6. The lowest BCUT2D eigenvalue weighted by atomic mass is 9.93. The van der Waals surface area contributed by atoms with E-state index in [1.807, 2.05) is 60.7 Å². The van der Waals surface area contributed by atoms with Crippen molar-refractivity contribution in [2.24, 2.45) is 0 Å². The van der Waals surface area contributed by atoms with Crippen LogP contribution in [0.1, 0.15) is 0 Å². The van der Waals surface area contributed by atoms with Crippen molar-refractivity contribution in [2.45, 2.75) is 0 Å². The van der Waals surface area contributed by atoms with Crippen molar-refractivity contribution in [1.82, 2.24) is 0 Å². The summed E-state index contributed by atoms with van der Waals surface area (Å²) in [6.07, 6.45) is 3.50. The standard InChI is InChI=1S/C22H12N2O2/c23-13-25-20-10-4-7-17-18(20)8-3-9-19(17)22-16-6-2-1-5-15(16)11-12-21(22)26-14-24/h1-12H. The Morgan fingerprint density at radius 1 is 0.577 bits per heavy atom. The summed E-state index contributed by atoms with van der Waals surface area (Å²) in [6.45, 7) is 0. The monoisotopic (exact) mass is 336 g/mol. The van der Waals surface area contributed by atoms with Crippen LogP contribution in [0.15, 0.2) is 72.8 Å². The summed E-state index contributed by atoms with van der Waals surface area (Å²) in [4.78, 5) is 0. The lowest BCUT2D eigenvalue weighted by Gasteiger charge is -2.14. The average Bonchev–Trinajstić information content (AvgIpc) is 2.68. The molecule has 4 heteroatoms. The van der Waals surface area contributed by atoms with E-state index in [0.29, 0.717) is 11.5 Å². The minimum atomic E-state index is 0.491. The van der Waals surface area contributed by atoms with E-state index < -0.39 is 0 Å². The third-order valence-corrected chi connectivity index (χ3v) is 4.35. The Morgan fingerprint density at radius 3 is 2.12 bits per heavy atom. The Morgan fingerprint density at radius 2 is 1.27 bits per heavy atom. The molecule has 0 spiro atoms. The Kier molecular flexibility index (Phi) is 3.86. The molecule has 0 fully saturated rings. The molecule has 122 valence electrons. The molecular formula is C22H12N2O2. The molecule has 4 aromatic rings. The summed E-state index contributed by atoms with van der Waals surface area (Å²) >= 11 is 0. The predicted molar refractivity (Wildman–Crippen MR) is 99.4 cm³/mol. The van der Waals surface area contributed by atoms with Crippen LogP contribution in [-0.2, 0) is 0 Å². The molecule has 0 unspecified atom stereocenters. The van der Waals surface area contributed by atoms with Crippen LogP contribution < -0.4 is 9.47 Å². The highest BCUT2D eigenvalue weighted by Crippen LogP contribution is 2.41. The Bertz CT molecular complexity index is 1220. The smallest absolute Gasteiger partial charge is 0.292 e. The van der Waals surface area contributed by atoms with Gasteiger partial charge >= 0.3 is 0 Å². The largest absolute Gasteiger partial charge is 0.387 e. The van der Waals surface area contributed by atoms with E-state index >= 15 is 0 Å². The molecule has 0 aliphatic carbocycles. The number of hydrogen-bond donors (Lipinski definition) is 0. The normalized spacial score (nSPS) is 10.2. The van der Waals surface area contributed by atoms with Crippen molar-refractivity contribution >= 4 is 21.5 Å². The second-order valence-electron chi connectivity index (χ2n) is 5.70. The van der Waals surface area contributed by atoms with Gasteiger partial charge in [-0.1, -0.05) is 60.7 Å². The predicted octanol–water partition coefficient (Wildman–Crippen LogP) is 5.38. The fourth-order valence-electron chi connectivity index (χ4n) is 3.30. The molecule has 0 aliphatic heterocycles. The SMILES string of the molecule is N#COc1ccc2ccccc2c1-c1cccc2c(OC#N)cccc12. The van der Waals surface area contributed by atoms with E-state index in [1.54, 1.807) is 24.6 Å². The van der Waals surface area contributed by atoms with Crippen molar-refractivity contribution in [3.05, 3.63) is 72.8 Å². The number of benzene rings is 4. The Balaban J connectivity index is 2.11. The maximum atomic E-state index is 9.06. The van der Waals surface area contributed by atoms with Crippen LogP contribution in [0.4, 0.5) is 0 Å². The summed E-state index contributed by atoms with van der Waals surface area (Å²) < 4.78 is 10.3. The van der Waals surface area contributed by atoms with Crippen LogP contribution in [0.2, 0.25) is 0 Å². The van der Waals surface area contributed by atoms with Gasteiger partial charge in [-0.2, -0.15) is 0 Å². The number of hydrogen-bond acceptors (Lipinski definition) is 4. The molecule has 4 aromatic carbocycles. The van der Waals surface area contributed by atoms with Gasteiger partial charge in [-0.15, -0.1) is 10.5 Å². The maximum Gasteiger partial charge on any atom is 0.292 e. The van der Waals surface area contributed by atoms with Crippen molar-refractivity contribution in [3.63, 3.8) is 0 Å². The number of ether oxygens (including phenoxy) is 2. The fraction of sp³-hybridized carbons (Fsp3) is 0. The molecule has 0 saturated carbocycles. The topological polar surface area (TPSA) is 66.0 Å². The summed E-state index contributed by atoms with van der Waals surface area (Å²) in [6, 6.07) is 23.0. The molecule has 0 bridgehead atoms. The molecular weight excluding hydrogens is 324 g/mol. The van der Waals surface area contributed by atoms with Crippen molar-refractivity contribution in [1.29, 1.82) is 10.5 Å². The van der Waals surface area contributed by atoms with Crippen LogP contribution in [0, 0.1) is 23.0 Å². The van der Waals surface area contributed by atoms with Gasteiger partial charge in [0.25, 0.3) is 12.5 Å². The lowest BCUT2D eigenvalue weighted by Crippen LogP contribution is -1.91. The molecule has 0 amide bonds. The molecule has 0 atom stereocenters. The first kappa shape index (κ1) is 15.5. The molecule has 0 heterocycles. The van der Waals surface area contributed by atoms with E-state index in [2.05, 4.69) is 0 Å². The van der Waals surface area contributed by atoms with Crippen LogP contribution in [0.25, 0.3) is 32.7 Å². The van der Waals surface area contributed by atoms with Crippen LogP contribution in [0.5, 0.6) is 11.5 Å². The van der Waals surface area contributed by atoms with Crippen LogP contribution in [-0.4, -0.2) is 0 Å². The average molecular weight is 336 g/mol. The van der Waals surface area contributed by atoms with Gasteiger partial charge in [0.1, 0.15) is 5.75 Å². The summed E-state index contributed by atoms with van der Waals surface area (Å²) in [5.41, 5.74) is 1.75. The first-order valence-electron chi connectivity index (χ1n) is 7.99. The third-order valence-electron chi connectivity index (χ3n) is 4.35. The van der Waals surface area contributed by atoms with Gasteiger partial charge in [-0.05, 0) is 33.9 Å². The number of nitriles is 2. The molecule has 0 radical (unpaired) electrons. The summed E-state index contributed by atoms with van der Waals surface area (Å²) in [5, 5.41) is 21.7. The van der Waals surface area contributed by atoms with E-state index in [9.17, 15) is 0 Å². The molecule has 0 aliphatic rings. The van der Waals surface area contributed by atoms with Gasteiger partial charge in [-0.3, -0.25) is 0 Å². The number of nitrogens with zero attached hydrogens (tertiary/aromatic N) is 2. The minimum Gasteiger partial charge on any atom is -0.387 e. The fourth-order valence-corrected chi connectivity index (χ4v) is 3.30. The Labute approximate surface area is 150 Å². The van der Waals surface area contributed by atoms with E-state index in [1.165, 1.54) is 0 Å². The molecule has 4 nitrogen and oxygen atoms in total. The first-order chi connectivity index (χ1) is 12.8. The van der Waals surface area contributed by atoms with E-state index in [0.717, 1.165) is 32.7 Å². The molecule has 4 rings (SSSR count). The molecule has 0 aromatic heterocycles. The highest BCUT2D eigenvalue weighted by molar-refractivity contribution is 6.08. The molecule has 26 heavy (non-hydrogen) atoms. The number of rotatable bonds is 3. The van der Waals surface area contributed by atoms with Crippen LogP contribution in [0.3, 0.4) is 0 Å². The maximum absolute atomic E-state index is 9.06. The van der Waals surface area contributed by atoms with E-state index in [4.69, 9.17) is 20.0 Å². The number of fused-ring (bicyclic) bond motifs is 2.